The zero-order valence-corrected chi connectivity index (χ0v) is 14.3. The first-order valence-electron chi connectivity index (χ1n) is 7.70. The number of carbonyl (C=O) groups excluding carboxylic acids is 2. The maximum atomic E-state index is 12.7. The van der Waals surface area contributed by atoms with Crippen molar-refractivity contribution in [3.8, 4) is 5.75 Å². The van der Waals surface area contributed by atoms with Gasteiger partial charge in [0.05, 0.1) is 12.1 Å². The van der Waals surface area contributed by atoms with E-state index in [1.807, 2.05) is 6.07 Å². The van der Waals surface area contributed by atoms with Crippen molar-refractivity contribution in [3.63, 3.8) is 0 Å². The molecule has 2 aliphatic rings. The van der Waals surface area contributed by atoms with Gasteiger partial charge in [0.2, 0.25) is 5.91 Å². The maximum absolute atomic E-state index is 12.7. The summed E-state index contributed by atoms with van der Waals surface area (Å²) in [5.74, 6) is 0.422. The fourth-order valence-corrected chi connectivity index (χ4v) is 3.81. The van der Waals surface area contributed by atoms with E-state index in [-0.39, 0.29) is 29.4 Å². The lowest BCUT2D eigenvalue weighted by atomic mass is 9.70. The van der Waals surface area contributed by atoms with Gasteiger partial charge in [0.1, 0.15) is 5.75 Å². The third kappa shape index (κ3) is 3.00. The van der Waals surface area contributed by atoms with Gasteiger partial charge in [0.25, 0.3) is 0 Å². The summed E-state index contributed by atoms with van der Waals surface area (Å²) in [4.78, 5) is 24.8. The van der Waals surface area contributed by atoms with Crippen LogP contribution in [-0.2, 0) is 9.59 Å². The Morgan fingerprint density at radius 2 is 2.00 bits per heavy atom. The lowest BCUT2D eigenvalue weighted by molar-refractivity contribution is -0.122. The molecule has 0 bridgehead atoms. The number of benzene rings is 1. The molecule has 122 valence electrons. The average Bonchev–Trinajstić information content (AvgIpc) is 2.44. The molecule has 1 N–H and O–H groups in total. The normalized spacial score (nSPS) is 23.4. The average molecular weight is 334 g/mol. The molecule has 1 aliphatic heterocycles. The molecule has 1 aliphatic carbocycles. The molecule has 5 heteroatoms. The first kappa shape index (κ1) is 16.1. The van der Waals surface area contributed by atoms with E-state index in [0.29, 0.717) is 23.6 Å². The molecule has 1 amide bonds. The molecular formula is C18H20ClNO3. The molecular weight excluding hydrogens is 314 g/mol. The van der Waals surface area contributed by atoms with Gasteiger partial charge in [0.15, 0.2) is 5.78 Å². The molecule has 1 heterocycles. The van der Waals surface area contributed by atoms with E-state index in [2.05, 4.69) is 19.2 Å². The molecule has 0 saturated heterocycles. The van der Waals surface area contributed by atoms with Crippen LogP contribution in [0.1, 0.15) is 44.6 Å². The number of carbonyl (C=O) groups is 2. The van der Waals surface area contributed by atoms with E-state index >= 15 is 0 Å². The molecule has 0 saturated carbocycles. The fourth-order valence-electron chi connectivity index (χ4n) is 3.54. The van der Waals surface area contributed by atoms with Gasteiger partial charge in [0, 0.05) is 30.0 Å². The first-order chi connectivity index (χ1) is 10.8. The highest BCUT2D eigenvalue weighted by molar-refractivity contribution is 6.32. The number of ether oxygens (including phenoxy) is 1. The zero-order valence-electron chi connectivity index (χ0n) is 13.5. The van der Waals surface area contributed by atoms with E-state index in [1.54, 1.807) is 19.2 Å². The lowest BCUT2D eigenvalue weighted by Crippen LogP contribution is -2.40. The van der Waals surface area contributed by atoms with Crippen molar-refractivity contribution in [1.82, 2.24) is 5.32 Å². The SMILES string of the molecule is COc1ccc([C@H]2CC(=O)NC3=C2C(=O)CC(C)(C)C3)cc1Cl. The number of ketones is 1. The van der Waals surface area contributed by atoms with Crippen LogP contribution in [0.3, 0.4) is 0 Å². The van der Waals surface area contributed by atoms with E-state index in [1.165, 1.54) is 0 Å². The second-order valence-electron chi connectivity index (χ2n) is 7.03. The summed E-state index contributed by atoms with van der Waals surface area (Å²) in [6.07, 6.45) is 1.48. The van der Waals surface area contributed by atoms with Crippen LogP contribution in [0, 0.1) is 5.41 Å². The van der Waals surface area contributed by atoms with Crippen molar-refractivity contribution in [3.05, 3.63) is 40.1 Å². The van der Waals surface area contributed by atoms with Crippen molar-refractivity contribution in [2.45, 2.75) is 39.0 Å². The quantitative estimate of drug-likeness (QED) is 0.899. The van der Waals surface area contributed by atoms with Gasteiger partial charge in [-0.2, -0.15) is 0 Å². The predicted molar refractivity (Wildman–Crippen MR) is 88.6 cm³/mol. The molecule has 1 aromatic rings. The largest absolute Gasteiger partial charge is 0.495 e. The molecule has 4 nitrogen and oxygen atoms in total. The molecule has 1 atom stereocenters. The minimum Gasteiger partial charge on any atom is -0.495 e. The minimum absolute atomic E-state index is 0.0498. The number of amides is 1. The van der Waals surface area contributed by atoms with Crippen molar-refractivity contribution in [2.75, 3.05) is 7.11 Å². The predicted octanol–water partition coefficient (Wildman–Crippen LogP) is 3.60. The van der Waals surface area contributed by atoms with Crippen LogP contribution in [0.4, 0.5) is 0 Å². The Bertz CT molecular complexity index is 721. The molecule has 0 radical (unpaired) electrons. The van der Waals surface area contributed by atoms with E-state index in [4.69, 9.17) is 16.3 Å². The Morgan fingerprint density at radius 3 is 2.65 bits per heavy atom. The third-order valence-electron chi connectivity index (χ3n) is 4.53. The molecule has 1 aromatic carbocycles. The van der Waals surface area contributed by atoms with Gasteiger partial charge in [-0.1, -0.05) is 31.5 Å². The number of rotatable bonds is 2. The number of nitrogens with one attached hydrogen (secondary N) is 1. The van der Waals surface area contributed by atoms with Gasteiger partial charge in [-0.3, -0.25) is 9.59 Å². The number of halogens is 1. The van der Waals surface area contributed by atoms with Gasteiger partial charge >= 0.3 is 0 Å². The number of methoxy groups -OCH3 is 1. The maximum Gasteiger partial charge on any atom is 0.225 e. The standard InChI is InChI=1S/C18H20ClNO3/c1-18(2)8-13-17(14(21)9-18)11(7-16(22)20-13)10-4-5-15(23-3)12(19)6-10/h4-6,11H,7-9H2,1-3H3,(H,20,22)/t11-/m1/s1. The smallest absolute Gasteiger partial charge is 0.225 e. The first-order valence-corrected chi connectivity index (χ1v) is 8.08. The Morgan fingerprint density at radius 1 is 1.26 bits per heavy atom. The molecule has 0 aromatic heterocycles. The van der Waals surface area contributed by atoms with Crippen molar-refractivity contribution in [2.24, 2.45) is 5.41 Å². The summed E-state index contributed by atoms with van der Waals surface area (Å²) in [7, 11) is 1.56. The number of allylic oxidation sites excluding steroid dienone is 2. The van der Waals surface area contributed by atoms with Gasteiger partial charge in [-0.25, -0.2) is 0 Å². The summed E-state index contributed by atoms with van der Waals surface area (Å²) >= 11 is 6.22. The topological polar surface area (TPSA) is 55.4 Å². The Balaban J connectivity index is 2.06. The van der Waals surface area contributed by atoms with E-state index in [9.17, 15) is 9.59 Å². The van der Waals surface area contributed by atoms with Gasteiger partial charge in [-0.05, 0) is 29.5 Å². The molecule has 0 unspecified atom stereocenters. The Labute approximate surface area is 140 Å². The van der Waals surface area contributed by atoms with E-state index < -0.39 is 0 Å². The summed E-state index contributed by atoms with van der Waals surface area (Å²) < 4.78 is 5.17. The van der Waals surface area contributed by atoms with Crippen LogP contribution < -0.4 is 10.1 Å². The van der Waals surface area contributed by atoms with Crippen LogP contribution >= 0.6 is 11.6 Å². The Hall–Kier alpha value is -1.81. The zero-order chi connectivity index (χ0) is 16.8. The summed E-state index contributed by atoms with van der Waals surface area (Å²) in [6.45, 7) is 4.10. The number of hydrogen-bond donors (Lipinski definition) is 1. The van der Waals surface area contributed by atoms with Crippen molar-refractivity contribution < 1.29 is 14.3 Å². The summed E-state index contributed by atoms with van der Waals surface area (Å²) in [5, 5.41) is 3.39. The second-order valence-corrected chi connectivity index (χ2v) is 7.44. The summed E-state index contributed by atoms with van der Waals surface area (Å²) in [6, 6.07) is 5.45. The molecule has 0 fully saturated rings. The highest BCUT2D eigenvalue weighted by Crippen LogP contribution is 2.44. The van der Waals surface area contributed by atoms with E-state index in [0.717, 1.165) is 16.8 Å². The second kappa shape index (κ2) is 5.68. The van der Waals surface area contributed by atoms with Crippen LogP contribution in [0.5, 0.6) is 5.75 Å². The number of hydrogen-bond acceptors (Lipinski definition) is 3. The Kier molecular flexibility index (Phi) is 3.96. The fraction of sp³-hybridized carbons (Fsp3) is 0.444. The van der Waals surface area contributed by atoms with Crippen molar-refractivity contribution in [1.29, 1.82) is 0 Å². The molecule has 3 rings (SSSR count). The minimum atomic E-state index is -0.231. The monoisotopic (exact) mass is 333 g/mol. The van der Waals surface area contributed by atoms with Crippen molar-refractivity contribution >= 4 is 23.3 Å². The summed E-state index contributed by atoms with van der Waals surface area (Å²) in [5.41, 5.74) is 2.28. The van der Waals surface area contributed by atoms with Crippen LogP contribution in [-0.4, -0.2) is 18.8 Å². The highest BCUT2D eigenvalue weighted by Gasteiger charge is 2.40. The third-order valence-corrected chi connectivity index (χ3v) is 4.82. The van der Waals surface area contributed by atoms with Crippen LogP contribution in [0.2, 0.25) is 5.02 Å². The van der Waals surface area contributed by atoms with Gasteiger partial charge in [-0.15, -0.1) is 0 Å². The molecule has 0 spiro atoms. The van der Waals surface area contributed by atoms with Gasteiger partial charge < -0.3 is 10.1 Å². The highest BCUT2D eigenvalue weighted by atomic mass is 35.5. The van der Waals surface area contributed by atoms with Crippen LogP contribution in [0.25, 0.3) is 0 Å². The molecule has 23 heavy (non-hydrogen) atoms. The number of Topliss-reactive ketones (excluding diaryl/α,β-unsaturated/α-hetero) is 1. The lowest BCUT2D eigenvalue weighted by Gasteiger charge is -2.37. The van der Waals surface area contributed by atoms with Crippen LogP contribution in [0.15, 0.2) is 29.5 Å².